The molecule has 3 rings (SSSR count). The second kappa shape index (κ2) is 8.86. The Labute approximate surface area is 167 Å². The Hall–Kier alpha value is -2.90. The lowest BCUT2D eigenvalue weighted by Crippen LogP contribution is -2.87. The van der Waals surface area contributed by atoms with E-state index in [2.05, 4.69) is 5.32 Å². The molecule has 2 aromatic heterocycles. The molecule has 1 aromatic carbocycles. The molecule has 1 amide bonds. The van der Waals surface area contributed by atoms with Gasteiger partial charge in [0.15, 0.2) is 18.3 Å². The maximum atomic E-state index is 12.6. The van der Waals surface area contributed by atoms with Crippen LogP contribution in [0.15, 0.2) is 53.1 Å². The van der Waals surface area contributed by atoms with Gasteiger partial charge in [0.1, 0.15) is 5.00 Å². The maximum absolute atomic E-state index is 12.6. The Bertz CT molecular complexity index is 948. The minimum absolute atomic E-state index is 0.131. The summed E-state index contributed by atoms with van der Waals surface area (Å²) >= 11 is 1.38. The van der Waals surface area contributed by atoms with Gasteiger partial charge in [0.25, 0.3) is 5.91 Å². The molecule has 0 bridgehead atoms. The first-order chi connectivity index (χ1) is 13.5. The molecule has 0 aliphatic carbocycles. The molecule has 0 saturated carbocycles. The molecule has 6 nitrogen and oxygen atoms in total. The number of carbonyl (C=O) groups excluding carboxylic acids is 2. The van der Waals surface area contributed by atoms with Crippen LogP contribution in [0.1, 0.15) is 38.2 Å². The van der Waals surface area contributed by atoms with Crippen LogP contribution in [0, 0.1) is 13.8 Å². The molecule has 146 valence electrons. The molecular weight excluding hydrogens is 376 g/mol. The van der Waals surface area contributed by atoms with Crippen molar-refractivity contribution >= 4 is 28.2 Å². The van der Waals surface area contributed by atoms with Crippen molar-refractivity contribution in [3.05, 3.63) is 76.1 Å². The highest BCUT2D eigenvalue weighted by atomic mass is 32.1. The largest absolute Gasteiger partial charge is 0.465 e. The summed E-state index contributed by atoms with van der Waals surface area (Å²) in [5, 5.41) is 5.29. The molecule has 0 aliphatic heterocycles. The number of carbonyl (C=O) groups is 2. The maximum Gasteiger partial charge on any atom is 0.341 e. The fraction of sp³-hybridized carbons (Fsp3) is 0.238. The van der Waals surface area contributed by atoms with Gasteiger partial charge in [-0.05, 0) is 31.5 Å². The number of ether oxygens (including phenoxy) is 1. The molecule has 3 aromatic rings. The van der Waals surface area contributed by atoms with Gasteiger partial charge in [0.05, 0.1) is 18.9 Å². The Morgan fingerprint density at radius 1 is 1.18 bits per heavy atom. The van der Waals surface area contributed by atoms with Crippen LogP contribution in [0.2, 0.25) is 0 Å². The molecule has 0 aliphatic rings. The number of benzene rings is 1. The number of hydrogen-bond donors (Lipinski definition) is 2. The van der Waals surface area contributed by atoms with E-state index < -0.39 is 5.97 Å². The van der Waals surface area contributed by atoms with Crippen LogP contribution in [0.3, 0.4) is 0 Å². The van der Waals surface area contributed by atoms with E-state index in [4.69, 9.17) is 9.15 Å². The van der Waals surface area contributed by atoms with Crippen molar-refractivity contribution in [2.24, 2.45) is 0 Å². The van der Waals surface area contributed by atoms with E-state index in [1.807, 2.05) is 61.6 Å². The zero-order valence-electron chi connectivity index (χ0n) is 16.0. The van der Waals surface area contributed by atoms with Crippen molar-refractivity contribution in [3.63, 3.8) is 0 Å². The zero-order chi connectivity index (χ0) is 20.1. The number of esters is 1. The minimum atomic E-state index is -0.445. The predicted octanol–water partition coefficient (Wildman–Crippen LogP) is 3.04. The van der Waals surface area contributed by atoms with E-state index in [9.17, 15) is 9.59 Å². The molecule has 3 N–H and O–H groups in total. The number of hydrogen-bond acceptors (Lipinski definition) is 5. The van der Waals surface area contributed by atoms with Gasteiger partial charge in [-0.3, -0.25) is 4.79 Å². The summed E-state index contributed by atoms with van der Waals surface area (Å²) in [7, 11) is 1.34. The van der Waals surface area contributed by atoms with Crippen molar-refractivity contribution < 1.29 is 24.1 Å². The van der Waals surface area contributed by atoms with E-state index >= 15 is 0 Å². The second-order valence-electron chi connectivity index (χ2n) is 6.37. The summed E-state index contributed by atoms with van der Waals surface area (Å²) in [6, 6.07) is 13.5. The smallest absolute Gasteiger partial charge is 0.341 e. The lowest BCUT2D eigenvalue weighted by atomic mass is 10.0. The van der Waals surface area contributed by atoms with E-state index in [1.54, 1.807) is 6.26 Å². The Kier molecular flexibility index (Phi) is 6.28. The lowest BCUT2D eigenvalue weighted by molar-refractivity contribution is -0.678. The van der Waals surface area contributed by atoms with Crippen LogP contribution in [0.4, 0.5) is 5.00 Å². The number of thiophene rings is 1. The van der Waals surface area contributed by atoms with Crippen molar-refractivity contribution in [2.45, 2.75) is 19.9 Å². The topological polar surface area (TPSA) is 85.1 Å². The third kappa shape index (κ3) is 4.32. The molecule has 0 radical (unpaired) electrons. The van der Waals surface area contributed by atoms with Crippen molar-refractivity contribution in [3.8, 4) is 0 Å². The number of anilines is 1. The fourth-order valence-corrected chi connectivity index (χ4v) is 4.08. The first-order valence-corrected chi connectivity index (χ1v) is 9.72. The number of rotatable bonds is 7. The molecule has 28 heavy (non-hydrogen) atoms. The normalized spacial score (nSPS) is 11.8. The van der Waals surface area contributed by atoms with Crippen LogP contribution in [0.5, 0.6) is 0 Å². The lowest BCUT2D eigenvalue weighted by Gasteiger charge is -2.14. The van der Waals surface area contributed by atoms with Crippen LogP contribution in [-0.4, -0.2) is 25.5 Å². The Morgan fingerprint density at radius 3 is 2.57 bits per heavy atom. The first kappa shape index (κ1) is 19.9. The Morgan fingerprint density at radius 2 is 1.93 bits per heavy atom. The van der Waals surface area contributed by atoms with Crippen LogP contribution >= 0.6 is 11.3 Å². The molecule has 0 spiro atoms. The SMILES string of the molecule is COC(=O)c1c(NC(=O)C[NH2+][C@H](c2ccccc2)c2ccco2)sc(C)c1C. The third-order valence-electron chi connectivity index (χ3n) is 4.58. The van der Waals surface area contributed by atoms with Gasteiger partial charge in [-0.1, -0.05) is 30.3 Å². The highest BCUT2D eigenvalue weighted by molar-refractivity contribution is 7.16. The molecule has 7 heteroatoms. The quantitative estimate of drug-likeness (QED) is 0.598. The van der Waals surface area contributed by atoms with Crippen molar-refractivity contribution in [2.75, 3.05) is 19.0 Å². The van der Waals surface area contributed by atoms with E-state index in [0.717, 1.165) is 21.8 Å². The third-order valence-corrected chi connectivity index (χ3v) is 5.70. The number of quaternary nitrogens is 1. The van der Waals surface area contributed by atoms with Gasteiger partial charge in [0.2, 0.25) is 0 Å². The number of nitrogens with one attached hydrogen (secondary N) is 1. The van der Waals surface area contributed by atoms with Crippen molar-refractivity contribution in [1.29, 1.82) is 0 Å². The van der Waals surface area contributed by atoms with Gasteiger partial charge < -0.3 is 19.8 Å². The van der Waals surface area contributed by atoms with E-state index in [0.29, 0.717) is 10.6 Å². The minimum Gasteiger partial charge on any atom is -0.465 e. The summed E-state index contributed by atoms with van der Waals surface area (Å²) in [5.41, 5.74) is 2.29. The van der Waals surface area contributed by atoms with Gasteiger partial charge in [-0.2, -0.15) is 0 Å². The summed E-state index contributed by atoms with van der Waals surface area (Å²) < 4.78 is 10.4. The zero-order valence-corrected chi connectivity index (χ0v) is 16.8. The standard InChI is InChI=1S/C21H22N2O4S/c1-13-14(2)28-20(18(13)21(25)26-3)23-17(24)12-22-19(16-10-7-11-27-16)15-8-5-4-6-9-15/h4-11,19,22H,12H2,1-3H3,(H,23,24)/p+1/t19-/m1/s1. The summed E-state index contributed by atoms with van der Waals surface area (Å²) in [4.78, 5) is 25.6. The number of furan rings is 1. The van der Waals surface area contributed by atoms with Crippen LogP contribution in [0.25, 0.3) is 0 Å². The molecule has 1 atom stereocenters. The average molecular weight is 399 g/mol. The molecular formula is C21H23N2O4S+. The van der Waals surface area contributed by atoms with Gasteiger partial charge >= 0.3 is 5.97 Å². The number of nitrogens with two attached hydrogens (primary N) is 1. The first-order valence-electron chi connectivity index (χ1n) is 8.91. The predicted molar refractivity (Wildman–Crippen MR) is 108 cm³/mol. The molecule has 0 saturated heterocycles. The van der Waals surface area contributed by atoms with E-state index in [1.165, 1.54) is 18.4 Å². The molecule has 0 fully saturated rings. The summed E-state index contributed by atoms with van der Waals surface area (Å²) in [6.07, 6.45) is 1.62. The number of amides is 1. The highest BCUT2D eigenvalue weighted by Gasteiger charge is 2.24. The van der Waals surface area contributed by atoms with Gasteiger partial charge in [0, 0.05) is 10.4 Å². The number of methoxy groups -OCH3 is 1. The van der Waals surface area contributed by atoms with Gasteiger partial charge in [-0.15, -0.1) is 11.3 Å². The van der Waals surface area contributed by atoms with Crippen LogP contribution < -0.4 is 10.6 Å². The van der Waals surface area contributed by atoms with Gasteiger partial charge in [-0.25, -0.2) is 4.79 Å². The number of aryl methyl sites for hydroxylation is 1. The summed E-state index contributed by atoms with van der Waals surface area (Å²) in [5.74, 6) is 0.134. The van der Waals surface area contributed by atoms with Crippen LogP contribution in [-0.2, 0) is 9.53 Å². The second-order valence-corrected chi connectivity index (χ2v) is 7.60. The van der Waals surface area contributed by atoms with Crippen molar-refractivity contribution in [1.82, 2.24) is 0 Å². The molecule has 0 unspecified atom stereocenters. The highest BCUT2D eigenvalue weighted by Crippen LogP contribution is 2.32. The fourth-order valence-electron chi connectivity index (χ4n) is 3.01. The average Bonchev–Trinajstić information content (AvgIpc) is 3.31. The monoisotopic (exact) mass is 399 g/mol. The Balaban J connectivity index is 1.73. The van der Waals surface area contributed by atoms with E-state index in [-0.39, 0.29) is 18.5 Å². The molecule has 2 heterocycles. The summed E-state index contributed by atoms with van der Waals surface area (Å²) in [6.45, 7) is 3.94.